The highest BCUT2D eigenvalue weighted by atomic mass is 19.1. The number of hydrogen-bond acceptors (Lipinski definition) is 3. The van der Waals surface area contributed by atoms with Crippen LogP contribution in [0.1, 0.15) is 31.4 Å². The summed E-state index contributed by atoms with van der Waals surface area (Å²) >= 11 is 0. The molecule has 0 saturated carbocycles. The summed E-state index contributed by atoms with van der Waals surface area (Å²) in [6, 6.07) is 6.49. The molecule has 1 aromatic rings. The molecule has 1 aromatic carbocycles. The summed E-state index contributed by atoms with van der Waals surface area (Å²) in [7, 11) is 0. The van der Waals surface area contributed by atoms with Gasteiger partial charge >= 0.3 is 0 Å². The lowest BCUT2D eigenvalue weighted by atomic mass is 10.1. The molecule has 3 unspecified atom stereocenters. The molecule has 1 saturated heterocycles. The second kappa shape index (κ2) is 6.27. The van der Waals surface area contributed by atoms with Gasteiger partial charge in [-0.3, -0.25) is 0 Å². The summed E-state index contributed by atoms with van der Waals surface area (Å²) in [6.07, 6.45) is 1.52. The Morgan fingerprint density at radius 2 is 2.28 bits per heavy atom. The smallest absolute Gasteiger partial charge is 0.129 e. The molecule has 3 atom stereocenters. The number of aliphatic hydroxyl groups excluding tert-OH is 1. The van der Waals surface area contributed by atoms with Gasteiger partial charge in [-0.05, 0) is 25.8 Å². The minimum Gasteiger partial charge on any atom is -0.387 e. The second-order valence-electron chi connectivity index (χ2n) is 4.79. The van der Waals surface area contributed by atoms with Crippen LogP contribution in [0.15, 0.2) is 24.3 Å². The number of nitrogens with one attached hydrogen (secondary N) is 1. The number of ether oxygens (including phenoxy) is 1. The standard InChI is InChI=1S/C14H20FNO2/c1-10(14-7-4-8-18-14)16-9-13(17)11-5-2-3-6-12(11)15/h2-3,5-6,10,13-14,16-17H,4,7-9H2,1H3. The van der Waals surface area contributed by atoms with Crippen molar-refractivity contribution in [3.63, 3.8) is 0 Å². The van der Waals surface area contributed by atoms with Gasteiger partial charge in [0.25, 0.3) is 0 Å². The van der Waals surface area contributed by atoms with Crippen molar-refractivity contribution in [2.45, 2.75) is 38.0 Å². The average Bonchev–Trinajstić information content (AvgIpc) is 2.90. The third kappa shape index (κ3) is 3.28. The summed E-state index contributed by atoms with van der Waals surface area (Å²) in [6.45, 7) is 3.18. The van der Waals surface area contributed by atoms with Gasteiger partial charge < -0.3 is 15.2 Å². The van der Waals surface area contributed by atoms with Crippen LogP contribution in [0.4, 0.5) is 4.39 Å². The van der Waals surface area contributed by atoms with Crippen LogP contribution < -0.4 is 5.32 Å². The first-order valence-corrected chi connectivity index (χ1v) is 6.46. The van der Waals surface area contributed by atoms with E-state index in [0.717, 1.165) is 19.4 Å². The van der Waals surface area contributed by atoms with Crippen molar-refractivity contribution in [1.29, 1.82) is 0 Å². The maximum atomic E-state index is 13.5. The van der Waals surface area contributed by atoms with E-state index in [-0.39, 0.29) is 18.0 Å². The van der Waals surface area contributed by atoms with Crippen molar-refractivity contribution < 1.29 is 14.2 Å². The summed E-state index contributed by atoms with van der Waals surface area (Å²) in [5, 5.41) is 13.2. The molecule has 1 heterocycles. The van der Waals surface area contributed by atoms with Crippen molar-refractivity contribution in [3.8, 4) is 0 Å². The third-order valence-corrected chi connectivity index (χ3v) is 3.42. The molecule has 4 heteroatoms. The predicted molar refractivity (Wildman–Crippen MR) is 67.8 cm³/mol. The molecule has 0 radical (unpaired) electrons. The van der Waals surface area contributed by atoms with E-state index in [4.69, 9.17) is 4.74 Å². The van der Waals surface area contributed by atoms with E-state index in [1.54, 1.807) is 18.2 Å². The first-order valence-electron chi connectivity index (χ1n) is 6.46. The van der Waals surface area contributed by atoms with E-state index in [1.165, 1.54) is 6.07 Å². The molecular formula is C14H20FNO2. The van der Waals surface area contributed by atoms with Crippen molar-refractivity contribution in [2.75, 3.05) is 13.2 Å². The quantitative estimate of drug-likeness (QED) is 0.843. The summed E-state index contributed by atoms with van der Waals surface area (Å²) in [4.78, 5) is 0. The fraction of sp³-hybridized carbons (Fsp3) is 0.571. The first kappa shape index (κ1) is 13.5. The van der Waals surface area contributed by atoms with Gasteiger partial charge in [0.05, 0.1) is 12.2 Å². The molecule has 1 fully saturated rings. The first-order chi connectivity index (χ1) is 8.68. The average molecular weight is 253 g/mol. The van der Waals surface area contributed by atoms with Crippen LogP contribution in [0, 0.1) is 5.82 Å². The molecule has 100 valence electrons. The lowest BCUT2D eigenvalue weighted by molar-refractivity contribution is 0.0762. The normalized spacial score (nSPS) is 22.9. The molecule has 0 aromatic heterocycles. The van der Waals surface area contributed by atoms with Crippen molar-refractivity contribution >= 4 is 0 Å². The van der Waals surface area contributed by atoms with E-state index >= 15 is 0 Å². The molecule has 1 aliphatic rings. The van der Waals surface area contributed by atoms with Crippen LogP contribution in [0.3, 0.4) is 0 Å². The lowest BCUT2D eigenvalue weighted by Crippen LogP contribution is -2.39. The monoisotopic (exact) mass is 253 g/mol. The van der Waals surface area contributed by atoms with Gasteiger partial charge in [0, 0.05) is 24.8 Å². The highest BCUT2D eigenvalue weighted by Crippen LogP contribution is 2.18. The summed E-state index contributed by atoms with van der Waals surface area (Å²) in [5.74, 6) is -0.364. The molecule has 0 bridgehead atoms. The molecule has 2 rings (SSSR count). The van der Waals surface area contributed by atoms with Gasteiger partial charge in [-0.25, -0.2) is 4.39 Å². The van der Waals surface area contributed by atoms with Crippen LogP contribution in [0.25, 0.3) is 0 Å². The van der Waals surface area contributed by atoms with Crippen molar-refractivity contribution in [2.24, 2.45) is 0 Å². The molecular weight excluding hydrogens is 233 g/mol. The van der Waals surface area contributed by atoms with Gasteiger partial charge in [-0.2, -0.15) is 0 Å². The molecule has 0 aliphatic carbocycles. The molecule has 1 aliphatic heterocycles. The second-order valence-corrected chi connectivity index (χ2v) is 4.79. The minimum atomic E-state index is -0.824. The van der Waals surface area contributed by atoms with E-state index in [1.807, 2.05) is 6.92 Å². The Balaban J connectivity index is 1.84. The number of halogens is 1. The van der Waals surface area contributed by atoms with Gasteiger partial charge in [-0.15, -0.1) is 0 Å². The zero-order valence-corrected chi connectivity index (χ0v) is 10.6. The van der Waals surface area contributed by atoms with E-state index in [0.29, 0.717) is 12.1 Å². The largest absolute Gasteiger partial charge is 0.387 e. The summed E-state index contributed by atoms with van der Waals surface area (Å²) in [5.41, 5.74) is 0.338. The molecule has 3 nitrogen and oxygen atoms in total. The van der Waals surface area contributed by atoms with E-state index < -0.39 is 6.10 Å². The van der Waals surface area contributed by atoms with Crippen molar-refractivity contribution in [1.82, 2.24) is 5.32 Å². The van der Waals surface area contributed by atoms with Gasteiger partial charge in [0.15, 0.2) is 0 Å². The molecule has 18 heavy (non-hydrogen) atoms. The zero-order chi connectivity index (χ0) is 13.0. The molecule has 2 N–H and O–H groups in total. The fourth-order valence-corrected chi connectivity index (χ4v) is 2.28. The topological polar surface area (TPSA) is 41.5 Å². The van der Waals surface area contributed by atoms with Crippen molar-refractivity contribution in [3.05, 3.63) is 35.6 Å². The number of benzene rings is 1. The minimum absolute atomic E-state index is 0.175. The van der Waals surface area contributed by atoms with Crippen LogP contribution in [-0.2, 0) is 4.74 Å². The Kier molecular flexibility index (Phi) is 4.69. The fourth-order valence-electron chi connectivity index (χ4n) is 2.28. The van der Waals surface area contributed by atoms with Gasteiger partial charge in [0.2, 0.25) is 0 Å². The lowest BCUT2D eigenvalue weighted by Gasteiger charge is -2.22. The highest BCUT2D eigenvalue weighted by molar-refractivity contribution is 5.20. The summed E-state index contributed by atoms with van der Waals surface area (Å²) < 4.78 is 19.0. The Morgan fingerprint density at radius 1 is 1.50 bits per heavy atom. The van der Waals surface area contributed by atoms with Crippen LogP contribution in [-0.4, -0.2) is 30.4 Å². The van der Waals surface area contributed by atoms with E-state index in [9.17, 15) is 9.50 Å². The van der Waals surface area contributed by atoms with Gasteiger partial charge in [0.1, 0.15) is 5.82 Å². The Bertz CT molecular complexity index is 380. The van der Waals surface area contributed by atoms with Crippen LogP contribution in [0.5, 0.6) is 0 Å². The zero-order valence-electron chi connectivity index (χ0n) is 10.6. The predicted octanol–water partition coefficient (Wildman–Crippen LogP) is 2.02. The maximum Gasteiger partial charge on any atom is 0.129 e. The maximum absolute atomic E-state index is 13.5. The Labute approximate surface area is 107 Å². The van der Waals surface area contributed by atoms with Crippen LogP contribution >= 0.6 is 0 Å². The molecule has 0 amide bonds. The SMILES string of the molecule is CC(NCC(O)c1ccccc1F)C1CCCO1. The third-order valence-electron chi connectivity index (χ3n) is 3.42. The Hall–Kier alpha value is -0.970. The number of rotatable bonds is 5. The Morgan fingerprint density at radius 3 is 2.94 bits per heavy atom. The number of hydrogen-bond donors (Lipinski definition) is 2. The number of aliphatic hydroxyl groups is 1. The molecule has 0 spiro atoms. The van der Waals surface area contributed by atoms with Crippen LogP contribution in [0.2, 0.25) is 0 Å². The highest BCUT2D eigenvalue weighted by Gasteiger charge is 2.23. The van der Waals surface area contributed by atoms with E-state index in [2.05, 4.69) is 5.32 Å². The van der Waals surface area contributed by atoms with Gasteiger partial charge in [-0.1, -0.05) is 18.2 Å².